The van der Waals surface area contributed by atoms with E-state index in [1.165, 1.54) is 0 Å². The van der Waals surface area contributed by atoms with Crippen molar-refractivity contribution in [1.29, 1.82) is 0 Å². The van der Waals surface area contributed by atoms with Gasteiger partial charge in [-0.25, -0.2) is 0 Å². The Morgan fingerprint density at radius 1 is 1.10 bits per heavy atom. The van der Waals surface area contributed by atoms with Crippen molar-refractivity contribution in [2.75, 3.05) is 0 Å². The average Bonchev–Trinajstić information content (AvgIpc) is 2.87. The number of benzene rings is 2. The van der Waals surface area contributed by atoms with Gasteiger partial charge in [-0.3, -0.25) is 4.79 Å². The lowest BCUT2D eigenvalue weighted by molar-refractivity contribution is 0.0995. The summed E-state index contributed by atoms with van der Waals surface area (Å²) in [5.74, 6) is 0.0617. The highest BCUT2D eigenvalue weighted by atomic mass is 35.5. The van der Waals surface area contributed by atoms with Crippen molar-refractivity contribution < 1.29 is 4.79 Å². The zero-order chi connectivity index (χ0) is 14.1. The van der Waals surface area contributed by atoms with Gasteiger partial charge in [0.25, 0.3) is 0 Å². The molecule has 1 heterocycles. The molecule has 0 N–H and O–H groups in total. The molecule has 3 rings (SSSR count). The topological polar surface area (TPSA) is 17.1 Å². The van der Waals surface area contributed by atoms with Gasteiger partial charge in [0.2, 0.25) is 0 Å². The van der Waals surface area contributed by atoms with Crippen molar-refractivity contribution >= 4 is 50.4 Å². The number of ketones is 1. The van der Waals surface area contributed by atoms with Gasteiger partial charge < -0.3 is 0 Å². The van der Waals surface area contributed by atoms with E-state index < -0.39 is 0 Å². The molecule has 0 aliphatic heterocycles. The van der Waals surface area contributed by atoms with E-state index in [0.29, 0.717) is 10.0 Å². The molecular formula is C16H10Cl2OS. The molecule has 0 unspecified atom stereocenters. The van der Waals surface area contributed by atoms with Gasteiger partial charge in [-0.1, -0.05) is 41.4 Å². The van der Waals surface area contributed by atoms with E-state index in [1.54, 1.807) is 29.5 Å². The Morgan fingerprint density at radius 2 is 1.90 bits per heavy atom. The lowest BCUT2D eigenvalue weighted by atomic mass is 10.0. The number of rotatable bonds is 3. The number of carbonyl (C=O) groups is 1. The highest BCUT2D eigenvalue weighted by Crippen LogP contribution is 2.28. The number of carbonyl (C=O) groups excluding carboxylic acids is 1. The van der Waals surface area contributed by atoms with Crippen LogP contribution < -0.4 is 0 Å². The zero-order valence-corrected chi connectivity index (χ0v) is 12.7. The third-order valence-electron chi connectivity index (χ3n) is 3.14. The summed E-state index contributed by atoms with van der Waals surface area (Å²) in [6.45, 7) is 0. The second-order valence-corrected chi connectivity index (χ2v) is 6.24. The van der Waals surface area contributed by atoms with Gasteiger partial charge in [-0.05, 0) is 29.8 Å². The highest BCUT2D eigenvalue weighted by Gasteiger charge is 2.14. The molecule has 0 radical (unpaired) electrons. The fourth-order valence-electron chi connectivity index (χ4n) is 2.14. The fourth-order valence-corrected chi connectivity index (χ4v) is 3.49. The second-order valence-electron chi connectivity index (χ2n) is 4.48. The number of hydrogen-bond donors (Lipinski definition) is 0. The van der Waals surface area contributed by atoms with Gasteiger partial charge in [0.1, 0.15) is 0 Å². The summed E-state index contributed by atoms with van der Waals surface area (Å²) in [6.07, 6.45) is 0.264. The van der Waals surface area contributed by atoms with Crippen molar-refractivity contribution in [3.63, 3.8) is 0 Å². The Bertz CT molecular complexity index is 792. The van der Waals surface area contributed by atoms with Gasteiger partial charge in [-0.15, -0.1) is 11.3 Å². The van der Waals surface area contributed by atoms with E-state index in [0.717, 1.165) is 21.2 Å². The summed E-state index contributed by atoms with van der Waals surface area (Å²) >= 11 is 13.6. The summed E-state index contributed by atoms with van der Waals surface area (Å²) in [5.41, 5.74) is 1.51. The molecule has 0 saturated carbocycles. The first-order valence-corrected chi connectivity index (χ1v) is 7.72. The fraction of sp³-hybridized carbons (Fsp3) is 0.0625. The summed E-state index contributed by atoms with van der Waals surface area (Å²) in [6, 6.07) is 13.1. The lowest BCUT2D eigenvalue weighted by Crippen LogP contribution is -2.03. The molecule has 0 saturated heterocycles. The molecule has 0 spiro atoms. The molecular weight excluding hydrogens is 311 g/mol. The van der Waals surface area contributed by atoms with Crippen LogP contribution in [-0.4, -0.2) is 5.78 Å². The quantitative estimate of drug-likeness (QED) is 0.571. The van der Waals surface area contributed by atoms with Crippen molar-refractivity contribution in [2.24, 2.45) is 0 Å². The van der Waals surface area contributed by atoms with Crippen LogP contribution in [0.2, 0.25) is 10.0 Å². The minimum atomic E-state index is 0.0617. The number of hydrogen-bond acceptors (Lipinski definition) is 2. The largest absolute Gasteiger partial charge is 0.294 e. The van der Waals surface area contributed by atoms with Crippen LogP contribution in [0.3, 0.4) is 0 Å². The normalized spacial score (nSPS) is 10.9. The molecule has 4 heteroatoms. The van der Waals surface area contributed by atoms with E-state index in [2.05, 4.69) is 0 Å². The number of Topliss-reactive ketones (excluding diaryl/α,β-unsaturated/α-hetero) is 1. The molecule has 0 aliphatic rings. The summed E-state index contributed by atoms with van der Waals surface area (Å²) in [4.78, 5) is 12.5. The minimum Gasteiger partial charge on any atom is -0.294 e. The maximum absolute atomic E-state index is 12.5. The van der Waals surface area contributed by atoms with Crippen LogP contribution in [0.5, 0.6) is 0 Å². The van der Waals surface area contributed by atoms with E-state index in [4.69, 9.17) is 23.2 Å². The molecule has 0 bridgehead atoms. The van der Waals surface area contributed by atoms with Crippen LogP contribution in [-0.2, 0) is 6.42 Å². The molecule has 0 atom stereocenters. The van der Waals surface area contributed by atoms with Crippen LogP contribution in [0.25, 0.3) is 10.1 Å². The van der Waals surface area contributed by atoms with Crippen LogP contribution in [0.1, 0.15) is 15.9 Å². The Balaban J connectivity index is 1.95. The van der Waals surface area contributed by atoms with Gasteiger partial charge in [-0.2, -0.15) is 0 Å². The van der Waals surface area contributed by atoms with Gasteiger partial charge in [0, 0.05) is 37.5 Å². The van der Waals surface area contributed by atoms with Crippen molar-refractivity contribution in [2.45, 2.75) is 6.42 Å². The standard InChI is InChI=1S/C16H10Cl2OS/c17-11-5-6-14(18)10(7-11)8-15(19)13-9-20-16-4-2-1-3-12(13)16/h1-7,9H,8H2. The van der Waals surface area contributed by atoms with Crippen LogP contribution in [0.15, 0.2) is 47.8 Å². The third-order valence-corrected chi connectivity index (χ3v) is 4.71. The molecule has 3 aromatic rings. The molecule has 20 heavy (non-hydrogen) atoms. The predicted molar refractivity (Wildman–Crippen MR) is 86.3 cm³/mol. The summed E-state index contributed by atoms with van der Waals surface area (Å²) in [5, 5.41) is 4.07. The van der Waals surface area contributed by atoms with Crippen LogP contribution in [0.4, 0.5) is 0 Å². The predicted octanol–water partition coefficient (Wildman–Crippen LogP) is 5.63. The Kier molecular flexibility index (Phi) is 3.79. The molecule has 1 aromatic heterocycles. The summed E-state index contributed by atoms with van der Waals surface area (Å²) in [7, 11) is 0. The summed E-state index contributed by atoms with van der Waals surface area (Å²) < 4.78 is 1.12. The first kappa shape index (κ1) is 13.6. The van der Waals surface area contributed by atoms with Crippen LogP contribution in [0, 0.1) is 0 Å². The Morgan fingerprint density at radius 3 is 2.75 bits per heavy atom. The first-order chi connectivity index (χ1) is 9.65. The number of halogens is 2. The van der Waals surface area contributed by atoms with Crippen molar-refractivity contribution in [3.05, 3.63) is 69.0 Å². The maximum Gasteiger partial charge on any atom is 0.168 e. The number of fused-ring (bicyclic) bond motifs is 1. The van der Waals surface area contributed by atoms with E-state index in [-0.39, 0.29) is 12.2 Å². The van der Waals surface area contributed by atoms with Gasteiger partial charge in [0.15, 0.2) is 5.78 Å². The monoisotopic (exact) mass is 320 g/mol. The van der Waals surface area contributed by atoms with Crippen LogP contribution >= 0.6 is 34.5 Å². The Hall–Kier alpha value is -1.35. The van der Waals surface area contributed by atoms with Crippen molar-refractivity contribution in [1.82, 2.24) is 0 Å². The second kappa shape index (κ2) is 5.57. The SMILES string of the molecule is O=C(Cc1cc(Cl)ccc1Cl)c1csc2ccccc12. The van der Waals surface area contributed by atoms with E-state index in [1.807, 2.05) is 29.6 Å². The van der Waals surface area contributed by atoms with E-state index >= 15 is 0 Å². The molecule has 2 aromatic carbocycles. The van der Waals surface area contributed by atoms with Gasteiger partial charge >= 0.3 is 0 Å². The first-order valence-electron chi connectivity index (χ1n) is 6.08. The number of thiophene rings is 1. The smallest absolute Gasteiger partial charge is 0.168 e. The zero-order valence-electron chi connectivity index (χ0n) is 10.4. The molecule has 1 nitrogen and oxygen atoms in total. The average molecular weight is 321 g/mol. The third kappa shape index (κ3) is 2.59. The van der Waals surface area contributed by atoms with Gasteiger partial charge in [0.05, 0.1) is 0 Å². The maximum atomic E-state index is 12.5. The van der Waals surface area contributed by atoms with Crippen molar-refractivity contribution in [3.8, 4) is 0 Å². The highest BCUT2D eigenvalue weighted by molar-refractivity contribution is 7.17. The molecule has 0 aliphatic carbocycles. The minimum absolute atomic E-state index is 0.0617. The molecule has 0 fully saturated rings. The lowest BCUT2D eigenvalue weighted by Gasteiger charge is -2.04. The molecule has 0 amide bonds. The molecule has 100 valence electrons. The Labute approximate surface area is 130 Å². The van der Waals surface area contributed by atoms with E-state index in [9.17, 15) is 4.79 Å².